The predicted octanol–water partition coefficient (Wildman–Crippen LogP) is 4.41. The van der Waals surface area contributed by atoms with Crippen molar-refractivity contribution in [3.05, 3.63) is 59.7 Å². The number of carboxylic acids is 1. The first-order chi connectivity index (χ1) is 17.0. The van der Waals surface area contributed by atoms with Crippen molar-refractivity contribution in [1.82, 2.24) is 10.2 Å². The molecule has 2 amide bonds. The van der Waals surface area contributed by atoms with E-state index < -0.39 is 18.0 Å². The van der Waals surface area contributed by atoms with Crippen LogP contribution in [0.3, 0.4) is 0 Å². The molecule has 3 atom stereocenters. The van der Waals surface area contributed by atoms with Crippen LogP contribution < -0.4 is 5.32 Å². The number of hydrogen-bond acceptors (Lipinski definition) is 4. The fourth-order valence-electron chi connectivity index (χ4n) is 5.99. The summed E-state index contributed by atoms with van der Waals surface area (Å²) in [4.78, 5) is 38.8. The molecular weight excluding hydrogens is 444 g/mol. The number of nitrogens with one attached hydrogen (secondary N) is 1. The van der Waals surface area contributed by atoms with Gasteiger partial charge in [0.2, 0.25) is 5.91 Å². The fourth-order valence-corrected chi connectivity index (χ4v) is 5.99. The van der Waals surface area contributed by atoms with Crippen LogP contribution in [-0.4, -0.2) is 53.7 Å². The van der Waals surface area contributed by atoms with E-state index in [9.17, 15) is 19.5 Å². The molecule has 2 N–H and O–H groups in total. The number of likely N-dealkylation sites (tertiary alicyclic amines) is 1. The average Bonchev–Trinajstić information content (AvgIpc) is 3.21. The minimum absolute atomic E-state index is 0.00937. The molecule has 2 fully saturated rings. The van der Waals surface area contributed by atoms with Crippen LogP contribution in [0.5, 0.6) is 0 Å². The molecule has 35 heavy (non-hydrogen) atoms. The van der Waals surface area contributed by atoms with E-state index in [-0.39, 0.29) is 36.9 Å². The van der Waals surface area contributed by atoms with E-state index >= 15 is 0 Å². The van der Waals surface area contributed by atoms with E-state index in [1.165, 1.54) is 22.3 Å². The second-order valence-corrected chi connectivity index (χ2v) is 9.99. The Kier molecular flexibility index (Phi) is 6.75. The molecule has 2 aromatic rings. The van der Waals surface area contributed by atoms with Gasteiger partial charge in [-0.1, -0.05) is 55.0 Å². The van der Waals surface area contributed by atoms with Gasteiger partial charge in [-0.25, -0.2) is 4.79 Å². The molecular formula is C28H32N2O5. The van der Waals surface area contributed by atoms with Crippen molar-refractivity contribution in [2.24, 2.45) is 11.8 Å². The van der Waals surface area contributed by atoms with Gasteiger partial charge in [0, 0.05) is 31.0 Å². The van der Waals surface area contributed by atoms with Crippen molar-refractivity contribution in [2.45, 2.75) is 50.5 Å². The number of piperidine rings is 1. The second-order valence-electron chi connectivity index (χ2n) is 9.99. The third-order valence-electron chi connectivity index (χ3n) is 7.77. The summed E-state index contributed by atoms with van der Waals surface area (Å²) in [7, 11) is 0. The third kappa shape index (κ3) is 4.90. The summed E-state index contributed by atoms with van der Waals surface area (Å²) in [6.07, 6.45) is 3.89. The van der Waals surface area contributed by atoms with Gasteiger partial charge in [-0.3, -0.25) is 9.59 Å². The molecule has 0 bridgehead atoms. The van der Waals surface area contributed by atoms with Crippen LogP contribution in [0.25, 0.3) is 11.1 Å². The lowest BCUT2D eigenvalue weighted by Gasteiger charge is -2.36. The van der Waals surface area contributed by atoms with Crippen LogP contribution in [0.15, 0.2) is 48.5 Å². The van der Waals surface area contributed by atoms with Crippen molar-refractivity contribution in [1.29, 1.82) is 0 Å². The molecule has 3 aliphatic rings. The number of fused-ring (bicyclic) bond motifs is 3. The molecule has 2 aromatic carbocycles. The molecule has 0 radical (unpaired) electrons. The van der Waals surface area contributed by atoms with E-state index in [2.05, 4.69) is 29.6 Å². The Labute approximate surface area is 205 Å². The van der Waals surface area contributed by atoms with Gasteiger partial charge in [-0.05, 0) is 54.4 Å². The fraction of sp³-hybridized carbons (Fsp3) is 0.464. The first-order valence-electron chi connectivity index (χ1n) is 12.6. The van der Waals surface area contributed by atoms with Crippen LogP contribution in [0.2, 0.25) is 0 Å². The highest BCUT2D eigenvalue weighted by molar-refractivity contribution is 5.81. The van der Waals surface area contributed by atoms with Gasteiger partial charge in [-0.2, -0.15) is 0 Å². The van der Waals surface area contributed by atoms with Gasteiger partial charge < -0.3 is 20.1 Å². The number of carboxylic acid groups (broad SMARTS) is 1. The topological polar surface area (TPSA) is 95.9 Å². The lowest BCUT2D eigenvalue weighted by atomic mass is 9.84. The first-order valence-corrected chi connectivity index (χ1v) is 12.6. The highest BCUT2D eigenvalue weighted by Crippen LogP contribution is 2.44. The Morgan fingerprint density at radius 1 is 0.914 bits per heavy atom. The monoisotopic (exact) mass is 476 g/mol. The number of amides is 2. The second kappa shape index (κ2) is 10.1. The highest BCUT2D eigenvalue weighted by atomic mass is 16.5. The molecule has 0 spiro atoms. The lowest BCUT2D eigenvalue weighted by molar-refractivity contribution is -0.147. The van der Waals surface area contributed by atoms with Crippen LogP contribution in [-0.2, 0) is 14.3 Å². The molecule has 184 valence electrons. The maximum atomic E-state index is 13.1. The predicted molar refractivity (Wildman–Crippen MR) is 131 cm³/mol. The third-order valence-corrected chi connectivity index (χ3v) is 7.77. The van der Waals surface area contributed by atoms with Gasteiger partial charge in [0.1, 0.15) is 6.61 Å². The number of carbonyl (C=O) groups excluding carboxylic acids is 2. The van der Waals surface area contributed by atoms with Gasteiger partial charge >= 0.3 is 12.1 Å². The largest absolute Gasteiger partial charge is 0.481 e. The zero-order valence-corrected chi connectivity index (χ0v) is 19.8. The number of carbonyl (C=O) groups is 3. The number of nitrogens with zero attached hydrogens (tertiary/aromatic N) is 1. The summed E-state index contributed by atoms with van der Waals surface area (Å²) in [5, 5.41) is 12.3. The van der Waals surface area contributed by atoms with Gasteiger partial charge in [0.25, 0.3) is 0 Å². The minimum Gasteiger partial charge on any atom is -0.481 e. The number of hydrogen-bond donors (Lipinski definition) is 2. The average molecular weight is 477 g/mol. The first kappa shape index (κ1) is 23.4. The normalized spacial score (nSPS) is 23.8. The van der Waals surface area contributed by atoms with E-state index in [0.29, 0.717) is 19.4 Å². The number of aliphatic carboxylic acids is 1. The lowest BCUT2D eigenvalue weighted by Crippen LogP contribution is -2.47. The molecule has 0 aromatic heterocycles. The van der Waals surface area contributed by atoms with Gasteiger partial charge in [0.15, 0.2) is 0 Å². The number of ether oxygens (including phenoxy) is 1. The summed E-state index contributed by atoms with van der Waals surface area (Å²) in [6.45, 7) is 1.16. The van der Waals surface area contributed by atoms with Crippen molar-refractivity contribution >= 4 is 18.0 Å². The summed E-state index contributed by atoms with van der Waals surface area (Å²) < 4.78 is 5.68. The number of benzene rings is 2. The van der Waals surface area contributed by atoms with Crippen molar-refractivity contribution in [2.75, 3.05) is 19.7 Å². The zero-order valence-electron chi connectivity index (χ0n) is 19.8. The highest BCUT2D eigenvalue weighted by Gasteiger charge is 2.35. The van der Waals surface area contributed by atoms with E-state index in [0.717, 1.165) is 25.7 Å². The smallest absolute Gasteiger partial charge is 0.407 e. The SMILES string of the molecule is O=C(N[C@@H]1CCC[C@H](C(=O)N2CCC[C@H](C(=O)O)C2)C1)OCC1c2ccccc2-c2ccccc21. The van der Waals surface area contributed by atoms with Gasteiger partial charge in [0.05, 0.1) is 5.92 Å². The van der Waals surface area contributed by atoms with Crippen molar-refractivity contribution in [3.8, 4) is 11.1 Å². The Morgan fingerprint density at radius 3 is 2.26 bits per heavy atom. The van der Waals surface area contributed by atoms with Gasteiger partial charge in [-0.15, -0.1) is 0 Å². The van der Waals surface area contributed by atoms with Crippen LogP contribution in [0, 0.1) is 11.8 Å². The standard InChI is InChI=1S/C28H32N2O5/c31-26(30-14-6-8-19(16-30)27(32)33)18-7-5-9-20(15-18)29-28(34)35-17-25-23-12-3-1-10-21(23)22-11-2-4-13-24(22)25/h1-4,10-13,18-20,25H,5-9,14-17H2,(H,29,34)(H,32,33)/t18-,19-,20+/m0/s1. The van der Waals surface area contributed by atoms with Crippen molar-refractivity contribution < 1.29 is 24.2 Å². The van der Waals surface area contributed by atoms with E-state index in [4.69, 9.17) is 4.74 Å². The molecule has 7 nitrogen and oxygen atoms in total. The molecule has 2 aliphatic carbocycles. The number of rotatable bonds is 5. The maximum Gasteiger partial charge on any atom is 0.407 e. The summed E-state index contributed by atoms with van der Waals surface area (Å²) in [5.74, 6) is -1.47. The molecule has 1 heterocycles. The quantitative estimate of drug-likeness (QED) is 0.667. The zero-order chi connectivity index (χ0) is 24.4. The summed E-state index contributed by atoms with van der Waals surface area (Å²) in [5.41, 5.74) is 4.72. The Morgan fingerprint density at radius 2 is 1.57 bits per heavy atom. The van der Waals surface area contributed by atoms with E-state index in [1.807, 2.05) is 24.3 Å². The molecule has 0 unspecified atom stereocenters. The Balaban J connectivity index is 1.16. The maximum absolute atomic E-state index is 13.1. The number of alkyl carbamates (subject to hydrolysis) is 1. The molecule has 1 aliphatic heterocycles. The molecule has 1 saturated heterocycles. The molecule has 5 rings (SSSR count). The van der Waals surface area contributed by atoms with Crippen LogP contribution >= 0.6 is 0 Å². The van der Waals surface area contributed by atoms with E-state index in [1.54, 1.807) is 4.90 Å². The summed E-state index contributed by atoms with van der Waals surface area (Å²) >= 11 is 0. The Bertz CT molecular complexity index is 1070. The summed E-state index contributed by atoms with van der Waals surface area (Å²) in [6, 6.07) is 16.4. The molecule has 1 saturated carbocycles. The van der Waals surface area contributed by atoms with Crippen LogP contribution in [0.4, 0.5) is 4.79 Å². The Hall–Kier alpha value is -3.35. The van der Waals surface area contributed by atoms with Crippen molar-refractivity contribution in [3.63, 3.8) is 0 Å². The minimum atomic E-state index is -0.832. The van der Waals surface area contributed by atoms with Crippen LogP contribution in [0.1, 0.15) is 55.6 Å². The molecule has 7 heteroatoms.